The van der Waals surface area contributed by atoms with Crippen molar-refractivity contribution in [2.45, 2.75) is 13.8 Å². The molecule has 7 nitrogen and oxygen atoms in total. The first kappa shape index (κ1) is 16.5. The fourth-order valence-corrected chi connectivity index (χ4v) is 2.13. The molecule has 122 valence electrons. The van der Waals surface area contributed by atoms with Crippen LogP contribution >= 0.6 is 0 Å². The summed E-state index contributed by atoms with van der Waals surface area (Å²) in [4.78, 5) is 23.8. The summed E-state index contributed by atoms with van der Waals surface area (Å²) in [5.41, 5.74) is 1.56. The van der Waals surface area contributed by atoms with Crippen molar-refractivity contribution in [1.29, 1.82) is 0 Å². The van der Waals surface area contributed by atoms with E-state index in [4.69, 9.17) is 9.47 Å². The van der Waals surface area contributed by atoms with Gasteiger partial charge < -0.3 is 14.6 Å². The van der Waals surface area contributed by atoms with Gasteiger partial charge in [-0.15, -0.1) is 0 Å². The lowest BCUT2D eigenvalue weighted by Gasteiger charge is -2.10. The molecule has 23 heavy (non-hydrogen) atoms. The quantitative estimate of drug-likeness (QED) is 0.657. The minimum Gasteiger partial charge on any atom is -0.504 e. The predicted molar refractivity (Wildman–Crippen MR) is 84.1 cm³/mol. The number of carbonyl (C=O) groups excluding carboxylic acids is 2. The van der Waals surface area contributed by atoms with Crippen LogP contribution in [0.4, 0.5) is 0 Å². The standard InChI is InChI=1S/C16H18N2O5/c1-4-23-15(20)9-18-16(21)12(10(2)17-18)7-11-5-6-13(19)14(8-11)22-3/h5-8,19H,4,9H2,1-3H3/b12-7-. The molecule has 1 aromatic rings. The van der Waals surface area contributed by atoms with Crippen molar-refractivity contribution in [3.8, 4) is 11.5 Å². The number of hydrogen-bond donors (Lipinski definition) is 1. The minimum absolute atomic E-state index is 0.0155. The van der Waals surface area contributed by atoms with Crippen molar-refractivity contribution in [2.75, 3.05) is 20.3 Å². The van der Waals surface area contributed by atoms with E-state index >= 15 is 0 Å². The fourth-order valence-electron chi connectivity index (χ4n) is 2.13. The van der Waals surface area contributed by atoms with Gasteiger partial charge in [-0.2, -0.15) is 5.10 Å². The van der Waals surface area contributed by atoms with Gasteiger partial charge in [-0.1, -0.05) is 6.07 Å². The molecule has 0 fully saturated rings. The fraction of sp³-hybridized carbons (Fsp3) is 0.312. The number of esters is 1. The molecular formula is C16H18N2O5. The predicted octanol–water partition coefficient (Wildman–Crippen LogP) is 1.57. The number of rotatable bonds is 5. The largest absolute Gasteiger partial charge is 0.504 e. The Labute approximate surface area is 133 Å². The second kappa shape index (κ2) is 6.95. The SMILES string of the molecule is CCOC(=O)CN1N=C(C)/C(=C/c2ccc(O)c(OC)c2)C1=O. The summed E-state index contributed by atoms with van der Waals surface area (Å²) < 4.78 is 9.86. The average Bonchev–Trinajstić information content (AvgIpc) is 2.76. The Bertz CT molecular complexity index is 694. The lowest BCUT2D eigenvalue weighted by Crippen LogP contribution is -2.29. The van der Waals surface area contributed by atoms with E-state index in [1.165, 1.54) is 13.2 Å². The zero-order valence-electron chi connectivity index (χ0n) is 13.2. The normalized spacial score (nSPS) is 15.8. The second-order valence-electron chi connectivity index (χ2n) is 4.84. The summed E-state index contributed by atoms with van der Waals surface area (Å²) in [5, 5.41) is 14.8. The number of nitrogens with zero attached hydrogens (tertiary/aromatic N) is 2. The van der Waals surface area contributed by atoms with Gasteiger partial charge in [0.25, 0.3) is 5.91 Å². The number of aromatic hydroxyl groups is 1. The Hall–Kier alpha value is -2.83. The van der Waals surface area contributed by atoms with Gasteiger partial charge in [-0.05, 0) is 37.6 Å². The third kappa shape index (κ3) is 3.68. The van der Waals surface area contributed by atoms with Gasteiger partial charge in [-0.25, -0.2) is 5.01 Å². The van der Waals surface area contributed by atoms with Crippen LogP contribution in [0.3, 0.4) is 0 Å². The van der Waals surface area contributed by atoms with E-state index in [1.807, 2.05) is 0 Å². The number of ether oxygens (including phenoxy) is 2. The first-order chi connectivity index (χ1) is 11.0. The first-order valence-corrected chi connectivity index (χ1v) is 7.08. The van der Waals surface area contributed by atoms with Gasteiger partial charge in [0.05, 0.1) is 25.0 Å². The van der Waals surface area contributed by atoms with Crippen LogP contribution in [-0.2, 0) is 14.3 Å². The highest BCUT2D eigenvalue weighted by molar-refractivity contribution is 6.27. The molecule has 0 aromatic heterocycles. The molecule has 7 heteroatoms. The number of hydrazone groups is 1. The lowest BCUT2D eigenvalue weighted by molar-refractivity contribution is -0.147. The van der Waals surface area contributed by atoms with E-state index in [1.54, 1.807) is 32.1 Å². The van der Waals surface area contributed by atoms with Crippen molar-refractivity contribution in [2.24, 2.45) is 5.10 Å². The van der Waals surface area contributed by atoms with Crippen LogP contribution in [0.1, 0.15) is 19.4 Å². The average molecular weight is 318 g/mol. The Morgan fingerprint density at radius 2 is 2.17 bits per heavy atom. The molecule has 1 N–H and O–H groups in total. The number of amides is 1. The number of hydrogen-bond acceptors (Lipinski definition) is 6. The Balaban J connectivity index is 2.22. The highest BCUT2D eigenvalue weighted by Crippen LogP contribution is 2.28. The van der Waals surface area contributed by atoms with E-state index in [-0.39, 0.29) is 24.8 Å². The Morgan fingerprint density at radius 1 is 1.43 bits per heavy atom. The molecule has 0 atom stereocenters. The van der Waals surface area contributed by atoms with Crippen molar-refractivity contribution < 1.29 is 24.2 Å². The van der Waals surface area contributed by atoms with Crippen LogP contribution in [-0.4, -0.2) is 48.0 Å². The highest BCUT2D eigenvalue weighted by atomic mass is 16.5. The molecule has 1 amide bonds. The molecule has 1 aromatic carbocycles. The molecule has 2 rings (SSSR count). The number of phenols is 1. The summed E-state index contributed by atoms with van der Waals surface area (Å²) in [5.74, 6) is -0.558. The van der Waals surface area contributed by atoms with Crippen molar-refractivity contribution >= 4 is 23.7 Å². The minimum atomic E-state index is -0.509. The van der Waals surface area contributed by atoms with E-state index in [0.717, 1.165) is 5.01 Å². The van der Waals surface area contributed by atoms with Crippen LogP contribution in [0.5, 0.6) is 11.5 Å². The molecule has 0 spiro atoms. The molecule has 0 bridgehead atoms. The molecule has 0 unspecified atom stereocenters. The van der Waals surface area contributed by atoms with Gasteiger partial charge in [-0.3, -0.25) is 9.59 Å². The molecule has 1 aliphatic heterocycles. The van der Waals surface area contributed by atoms with Gasteiger partial charge >= 0.3 is 5.97 Å². The van der Waals surface area contributed by atoms with Crippen molar-refractivity contribution in [1.82, 2.24) is 5.01 Å². The Kier molecular flexibility index (Phi) is 5.00. The smallest absolute Gasteiger partial charge is 0.327 e. The number of benzene rings is 1. The Morgan fingerprint density at radius 3 is 2.83 bits per heavy atom. The topological polar surface area (TPSA) is 88.4 Å². The summed E-state index contributed by atoms with van der Waals surface area (Å²) in [6.45, 7) is 3.41. The van der Waals surface area contributed by atoms with Crippen LogP contribution in [0.15, 0.2) is 28.9 Å². The maximum Gasteiger partial charge on any atom is 0.327 e. The first-order valence-electron chi connectivity index (χ1n) is 7.08. The molecule has 0 saturated heterocycles. The molecule has 1 aliphatic rings. The maximum absolute atomic E-state index is 12.3. The molecule has 0 aliphatic carbocycles. The number of phenolic OH excluding ortho intramolecular Hbond substituents is 1. The van der Waals surface area contributed by atoms with E-state index in [2.05, 4.69) is 5.10 Å². The summed E-state index contributed by atoms with van der Waals surface area (Å²) >= 11 is 0. The summed E-state index contributed by atoms with van der Waals surface area (Å²) in [6.07, 6.45) is 1.63. The summed E-state index contributed by atoms with van der Waals surface area (Å²) in [6, 6.07) is 4.74. The number of methoxy groups -OCH3 is 1. The zero-order valence-corrected chi connectivity index (χ0v) is 13.2. The van der Waals surface area contributed by atoms with Gasteiger partial charge in [0, 0.05) is 0 Å². The highest BCUT2D eigenvalue weighted by Gasteiger charge is 2.29. The summed E-state index contributed by atoms with van der Waals surface area (Å²) in [7, 11) is 1.44. The van der Waals surface area contributed by atoms with Gasteiger partial charge in [0.1, 0.15) is 6.54 Å². The second-order valence-corrected chi connectivity index (χ2v) is 4.84. The number of carbonyl (C=O) groups is 2. The van der Waals surface area contributed by atoms with E-state index < -0.39 is 5.97 Å². The van der Waals surface area contributed by atoms with E-state index in [9.17, 15) is 14.7 Å². The van der Waals surface area contributed by atoms with Crippen LogP contribution in [0.2, 0.25) is 0 Å². The van der Waals surface area contributed by atoms with Crippen molar-refractivity contribution in [3.63, 3.8) is 0 Å². The zero-order chi connectivity index (χ0) is 17.0. The van der Waals surface area contributed by atoms with Gasteiger partial charge in [0.2, 0.25) is 0 Å². The van der Waals surface area contributed by atoms with Crippen LogP contribution in [0.25, 0.3) is 6.08 Å². The molecule has 0 radical (unpaired) electrons. The molecule has 1 heterocycles. The third-order valence-electron chi connectivity index (χ3n) is 3.22. The lowest BCUT2D eigenvalue weighted by atomic mass is 10.1. The van der Waals surface area contributed by atoms with E-state index in [0.29, 0.717) is 22.6 Å². The monoisotopic (exact) mass is 318 g/mol. The maximum atomic E-state index is 12.3. The van der Waals surface area contributed by atoms with Gasteiger partial charge in [0.15, 0.2) is 11.5 Å². The van der Waals surface area contributed by atoms with Crippen LogP contribution in [0, 0.1) is 0 Å². The van der Waals surface area contributed by atoms with Crippen LogP contribution < -0.4 is 4.74 Å². The third-order valence-corrected chi connectivity index (χ3v) is 3.22. The van der Waals surface area contributed by atoms with Crippen molar-refractivity contribution in [3.05, 3.63) is 29.3 Å². The molecule has 0 saturated carbocycles. The molecular weight excluding hydrogens is 300 g/mol.